The molecule has 0 atom stereocenters. The summed E-state index contributed by atoms with van der Waals surface area (Å²) in [5.41, 5.74) is 0. The highest BCUT2D eigenvalue weighted by molar-refractivity contribution is 5.82. The normalized spacial score (nSPS) is 17.9. The first-order chi connectivity index (χ1) is 7.25. The van der Waals surface area contributed by atoms with Crippen LogP contribution in [-0.2, 0) is 6.42 Å². The maximum Gasteiger partial charge on any atom is 0.377 e. The molecule has 0 amide bonds. The van der Waals surface area contributed by atoms with Gasteiger partial charge < -0.3 is 9.63 Å². The van der Waals surface area contributed by atoms with Crippen molar-refractivity contribution in [3.05, 3.63) is 11.7 Å². The lowest BCUT2D eigenvalue weighted by molar-refractivity contribution is 0.0680. The van der Waals surface area contributed by atoms with Crippen LogP contribution in [0.1, 0.15) is 48.6 Å². The minimum atomic E-state index is -1.13. The summed E-state index contributed by atoms with van der Waals surface area (Å²) in [6, 6.07) is 0. The topological polar surface area (TPSA) is 76.2 Å². The molecule has 1 aromatic rings. The average Bonchev–Trinajstić information content (AvgIpc) is 2.68. The Balaban J connectivity index is 1.94. The van der Waals surface area contributed by atoms with Gasteiger partial charge in [0, 0.05) is 6.42 Å². The largest absolute Gasteiger partial charge is 0.475 e. The van der Waals surface area contributed by atoms with E-state index in [9.17, 15) is 4.79 Å². The van der Waals surface area contributed by atoms with Gasteiger partial charge in [0.1, 0.15) is 0 Å². The van der Waals surface area contributed by atoms with Crippen LogP contribution in [0.4, 0.5) is 0 Å². The van der Waals surface area contributed by atoms with Crippen LogP contribution >= 0.6 is 0 Å². The van der Waals surface area contributed by atoms with Crippen molar-refractivity contribution >= 4 is 5.97 Å². The second-order valence-corrected chi connectivity index (χ2v) is 4.03. The van der Waals surface area contributed by atoms with Gasteiger partial charge in [-0.1, -0.05) is 19.3 Å². The summed E-state index contributed by atoms with van der Waals surface area (Å²) in [7, 11) is 0. The molecule has 0 unspecified atom stereocenters. The Labute approximate surface area is 87.5 Å². The summed E-state index contributed by atoms with van der Waals surface area (Å²) < 4.78 is 4.89. The Morgan fingerprint density at radius 3 is 2.73 bits per heavy atom. The quantitative estimate of drug-likeness (QED) is 0.824. The first-order valence-corrected chi connectivity index (χ1v) is 5.31. The summed E-state index contributed by atoms with van der Waals surface area (Å²) in [4.78, 5) is 14.3. The lowest BCUT2D eigenvalue weighted by atomic mass is 9.87. The van der Waals surface area contributed by atoms with Gasteiger partial charge in [-0.3, -0.25) is 0 Å². The molecule has 0 bridgehead atoms. The van der Waals surface area contributed by atoms with Crippen LogP contribution in [0.5, 0.6) is 0 Å². The predicted molar refractivity (Wildman–Crippen MR) is 51.5 cm³/mol. The molecule has 0 aliphatic heterocycles. The first-order valence-electron chi connectivity index (χ1n) is 5.31. The van der Waals surface area contributed by atoms with Crippen molar-refractivity contribution in [2.24, 2.45) is 5.92 Å². The molecule has 5 heteroatoms. The van der Waals surface area contributed by atoms with E-state index in [1.165, 1.54) is 32.1 Å². The fraction of sp³-hybridized carbons (Fsp3) is 0.700. The lowest BCUT2D eigenvalue weighted by Gasteiger charge is -2.19. The summed E-state index contributed by atoms with van der Waals surface area (Å²) in [6.07, 6.45) is 6.91. The zero-order valence-corrected chi connectivity index (χ0v) is 8.48. The fourth-order valence-corrected chi connectivity index (χ4v) is 2.06. The number of aromatic carboxylic acids is 1. The third kappa shape index (κ3) is 2.55. The van der Waals surface area contributed by atoms with Gasteiger partial charge >= 0.3 is 5.97 Å². The van der Waals surface area contributed by atoms with Crippen LogP contribution in [0.25, 0.3) is 0 Å². The van der Waals surface area contributed by atoms with E-state index in [1.807, 2.05) is 0 Å². The lowest BCUT2D eigenvalue weighted by Crippen LogP contribution is -2.09. The standard InChI is InChI=1S/C10H14N2O3/c13-10(14)9-11-8(15-12-9)6-7-4-2-1-3-5-7/h7H,1-6H2,(H,13,14). The van der Waals surface area contributed by atoms with Crippen molar-refractivity contribution in [3.63, 3.8) is 0 Å². The second-order valence-electron chi connectivity index (χ2n) is 4.03. The van der Waals surface area contributed by atoms with Gasteiger partial charge in [0.2, 0.25) is 5.89 Å². The number of rotatable bonds is 3. The van der Waals surface area contributed by atoms with Crippen LogP contribution in [0.3, 0.4) is 0 Å². The van der Waals surface area contributed by atoms with Gasteiger partial charge in [-0.2, -0.15) is 4.98 Å². The molecule has 5 nitrogen and oxygen atoms in total. The van der Waals surface area contributed by atoms with Crippen molar-refractivity contribution in [1.82, 2.24) is 10.1 Å². The van der Waals surface area contributed by atoms with Crippen molar-refractivity contribution in [2.45, 2.75) is 38.5 Å². The van der Waals surface area contributed by atoms with Crippen molar-refractivity contribution in [1.29, 1.82) is 0 Å². The van der Waals surface area contributed by atoms with E-state index < -0.39 is 5.97 Å². The second kappa shape index (κ2) is 4.42. The molecule has 2 rings (SSSR count). The van der Waals surface area contributed by atoms with Crippen molar-refractivity contribution in [2.75, 3.05) is 0 Å². The molecule has 0 saturated heterocycles. The molecular weight excluding hydrogens is 196 g/mol. The molecule has 1 N–H and O–H groups in total. The maximum atomic E-state index is 10.5. The molecule has 1 aliphatic carbocycles. The number of carbonyl (C=O) groups is 1. The summed E-state index contributed by atoms with van der Waals surface area (Å²) in [5, 5.41) is 12.0. The van der Waals surface area contributed by atoms with E-state index >= 15 is 0 Å². The van der Waals surface area contributed by atoms with Gasteiger partial charge in [-0.05, 0) is 23.9 Å². The highest BCUT2D eigenvalue weighted by atomic mass is 16.5. The molecule has 1 aliphatic rings. The molecular formula is C10H14N2O3. The molecule has 1 fully saturated rings. The minimum Gasteiger partial charge on any atom is -0.475 e. The van der Waals surface area contributed by atoms with Gasteiger partial charge in [0.25, 0.3) is 5.82 Å². The number of carboxylic acids is 1. The predicted octanol–water partition coefficient (Wildman–Crippen LogP) is 1.89. The molecule has 1 heterocycles. The highest BCUT2D eigenvalue weighted by Crippen LogP contribution is 2.26. The highest BCUT2D eigenvalue weighted by Gasteiger charge is 2.19. The Bertz CT molecular complexity index is 342. The summed E-state index contributed by atoms with van der Waals surface area (Å²) in [6.45, 7) is 0. The molecule has 0 radical (unpaired) electrons. The minimum absolute atomic E-state index is 0.235. The summed E-state index contributed by atoms with van der Waals surface area (Å²) >= 11 is 0. The van der Waals surface area contributed by atoms with Gasteiger partial charge in [-0.25, -0.2) is 4.79 Å². The maximum absolute atomic E-state index is 10.5. The zero-order valence-electron chi connectivity index (χ0n) is 8.48. The number of carboxylic acid groups (broad SMARTS) is 1. The van der Waals surface area contributed by atoms with E-state index in [-0.39, 0.29) is 5.82 Å². The Morgan fingerprint density at radius 2 is 2.13 bits per heavy atom. The SMILES string of the molecule is O=C(O)c1noc(CC2CCCCC2)n1. The number of nitrogens with zero attached hydrogens (tertiary/aromatic N) is 2. The smallest absolute Gasteiger partial charge is 0.377 e. The van der Waals surface area contributed by atoms with E-state index in [1.54, 1.807) is 0 Å². The molecule has 0 aromatic carbocycles. The van der Waals surface area contributed by atoms with E-state index in [0.29, 0.717) is 11.8 Å². The molecule has 0 spiro atoms. The number of aromatic nitrogens is 2. The number of hydrogen-bond acceptors (Lipinski definition) is 4. The Kier molecular flexibility index (Phi) is 2.99. The molecule has 1 aromatic heterocycles. The van der Waals surface area contributed by atoms with Gasteiger partial charge in [0.15, 0.2) is 0 Å². The Hall–Kier alpha value is -1.39. The third-order valence-corrected chi connectivity index (χ3v) is 2.85. The van der Waals surface area contributed by atoms with Gasteiger partial charge in [0.05, 0.1) is 0 Å². The fourth-order valence-electron chi connectivity index (χ4n) is 2.06. The van der Waals surface area contributed by atoms with Crippen molar-refractivity contribution in [3.8, 4) is 0 Å². The summed E-state index contributed by atoms with van der Waals surface area (Å²) in [5.74, 6) is -0.324. The monoisotopic (exact) mass is 210 g/mol. The van der Waals surface area contributed by atoms with E-state index in [4.69, 9.17) is 9.63 Å². The van der Waals surface area contributed by atoms with Crippen molar-refractivity contribution < 1.29 is 14.4 Å². The van der Waals surface area contributed by atoms with Crippen LogP contribution in [-0.4, -0.2) is 21.2 Å². The third-order valence-electron chi connectivity index (χ3n) is 2.85. The first kappa shape index (κ1) is 10.1. The zero-order chi connectivity index (χ0) is 10.7. The van der Waals surface area contributed by atoms with E-state index in [2.05, 4.69) is 10.1 Å². The average molecular weight is 210 g/mol. The Morgan fingerprint density at radius 1 is 1.40 bits per heavy atom. The van der Waals surface area contributed by atoms with E-state index in [0.717, 1.165) is 6.42 Å². The number of hydrogen-bond donors (Lipinski definition) is 1. The molecule has 1 saturated carbocycles. The molecule has 82 valence electrons. The van der Waals surface area contributed by atoms with Gasteiger partial charge in [-0.15, -0.1) is 0 Å². The molecule has 15 heavy (non-hydrogen) atoms. The van der Waals surface area contributed by atoms with Crippen LogP contribution in [0, 0.1) is 5.92 Å². The van der Waals surface area contributed by atoms with Crippen LogP contribution in [0.2, 0.25) is 0 Å². The van der Waals surface area contributed by atoms with Crippen LogP contribution in [0.15, 0.2) is 4.52 Å². The van der Waals surface area contributed by atoms with Crippen LogP contribution < -0.4 is 0 Å².